The maximum atomic E-state index is 11.7. The maximum absolute atomic E-state index is 11.7. The molecule has 2 amide bonds. The van der Waals surface area contributed by atoms with Gasteiger partial charge in [0.25, 0.3) is 0 Å². The van der Waals surface area contributed by atoms with Crippen LogP contribution in [0.4, 0.5) is 5.95 Å². The summed E-state index contributed by atoms with van der Waals surface area (Å²) >= 11 is 1.51. The Kier molecular flexibility index (Phi) is 4.07. The quantitative estimate of drug-likeness (QED) is 0.744. The molecule has 2 aliphatic rings. The minimum Gasteiger partial charge on any atom is -0.353 e. The lowest BCUT2D eigenvalue weighted by Crippen LogP contribution is -2.48. The van der Waals surface area contributed by atoms with Gasteiger partial charge in [-0.05, 0) is 13.3 Å². The fourth-order valence-corrected chi connectivity index (χ4v) is 3.80. The predicted octanol–water partition coefficient (Wildman–Crippen LogP) is -0.626. The molecule has 2 aromatic heterocycles. The van der Waals surface area contributed by atoms with Crippen molar-refractivity contribution in [3.8, 4) is 0 Å². The topological polar surface area (TPSA) is 118 Å². The predicted molar refractivity (Wildman–Crippen MR) is 89.1 cm³/mol. The van der Waals surface area contributed by atoms with Gasteiger partial charge in [-0.25, -0.2) is 0 Å². The van der Waals surface area contributed by atoms with E-state index in [-0.39, 0.29) is 24.4 Å². The number of rotatable bonds is 4. The van der Waals surface area contributed by atoms with E-state index in [0.29, 0.717) is 44.2 Å². The number of piperazine rings is 1. The van der Waals surface area contributed by atoms with Gasteiger partial charge in [0.1, 0.15) is 10.0 Å². The van der Waals surface area contributed by atoms with Crippen LogP contribution in [0.5, 0.6) is 0 Å². The lowest BCUT2D eigenvalue weighted by Gasteiger charge is -2.27. The van der Waals surface area contributed by atoms with Gasteiger partial charge in [-0.3, -0.25) is 14.2 Å². The van der Waals surface area contributed by atoms with Crippen LogP contribution in [0, 0.1) is 6.92 Å². The highest BCUT2D eigenvalue weighted by Gasteiger charge is 2.31. The standard InChI is InChI=1S/C14H18N8O2S/c1-8-17-18-12(25-8)7-22-13(9-2-3-10(23)16-9)19-20-14(22)21-5-4-15-11(24)6-21/h9H,2-7H2,1H3,(H,15,24)(H,16,23). The molecule has 25 heavy (non-hydrogen) atoms. The summed E-state index contributed by atoms with van der Waals surface area (Å²) in [6, 6.07) is -0.165. The Morgan fingerprint density at radius 2 is 2.08 bits per heavy atom. The van der Waals surface area contributed by atoms with Gasteiger partial charge >= 0.3 is 0 Å². The second-order valence-corrected chi connectivity index (χ2v) is 7.36. The Morgan fingerprint density at radius 1 is 1.20 bits per heavy atom. The third kappa shape index (κ3) is 3.18. The average molecular weight is 362 g/mol. The van der Waals surface area contributed by atoms with Crippen molar-refractivity contribution in [3.63, 3.8) is 0 Å². The molecule has 132 valence electrons. The summed E-state index contributed by atoms with van der Waals surface area (Å²) in [5.74, 6) is 1.30. The van der Waals surface area contributed by atoms with E-state index >= 15 is 0 Å². The molecule has 2 aromatic rings. The van der Waals surface area contributed by atoms with Crippen molar-refractivity contribution >= 4 is 29.1 Å². The molecule has 1 atom stereocenters. The van der Waals surface area contributed by atoms with E-state index < -0.39 is 0 Å². The molecule has 2 saturated heterocycles. The normalized spacial score (nSPS) is 20.7. The van der Waals surface area contributed by atoms with Crippen LogP contribution in [-0.2, 0) is 16.1 Å². The number of hydrogen-bond donors (Lipinski definition) is 2. The molecular formula is C14H18N8O2S. The van der Waals surface area contributed by atoms with Crippen LogP contribution in [0.1, 0.15) is 34.7 Å². The first-order chi connectivity index (χ1) is 12.1. The number of anilines is 1. The van der Waals surface area contributed by atoms with Crippen LogP contribution in [0.2, 0.25) is 0 Å². The van der Waals surface area contributed by atoms with Gasteiger partial charge in [-0.1, -0.05) is 11.3 Å². The van der Waals surface area contributed by atoms with Crippen molar-refractivity contribution in [2.45, 2.75) is 32.4 Å². The number of amides is 2. The lowest BCUT2D eigenvalue weighted by atomic mass is 10.2. The Balaban J connectivity index is 1.69. The molecule has 0 spiro atoms. The zero-order valence-electron chi connectivity index (χ0n) is 13.7. The minimum absolute atomic E-state index is 0.0187. The van der Waals surface area contributed by atoms with Crippen LogP contribution in [0.15, 0.2) is 0 Å². The van der Waals surface area contributed by atoms with Gasteiger partial charge in [-0.2, -0.15) is 0 Å². The van der Waals surface area contributed by atoms with Gasteiger partial charge < -0.3 is 15.5 Å². The molecule has 0 radical (unpaired) electrons. The molecule has 2 aliphatic heterocycles. The fraction of sp³-hybridized carbons (Fsp3) is 0.571. The molecule has 11 heteroatoms. The van der Waals surface area contributed by atoms with E-state index in [1.54, 1.807) is 0 Å². The number of aromatic nitrogens is 5. The second-order valence-electron chi connectivity index (χ2n) is 6.09. The maximum Gasteiger partial charge on any atom is 0.239 e. The molecule has 4 rings (SSSR count). The van der Waals surface area contributed by atoms with Gasteiger partial charge in [0.15, 0.2) is 5.82 Å². The number of nitrogens with one attached hydrogen (secondary N) is 2. The molecule has 0 bridgehead atoms. The lowest BCUT2D eigenvalue weighted by molar-refractivity contribution is -0.120. The van der Waals surface area contributed by atoms with Gasteiger partial charge in [0.2, 0.25) is 17.8 Å². The highest BCUT2D eigenvalue weighted by molar-refractivity contribution is 7.11. The summed E-state index contributed by atoms with van der Waals surface area (Å²) in [6.45, 7) is 3.84. The van der Waals surface area contributed by atoms with Crippen molar-refractivity contribution in [2.75, 3.05) is 24.5 Å². The zero-order chi connectivity index (χ0) is 17.4. The molecule has 2 N–H and O–H groups in total. The smallest absolute Gasteiger partial charge is 0.239 e. The molecule has 10 nitrogen and oxygen atoms in total. The van der Waals surface area contributed by atoms with Crippen molar-refractivity contribution < 1.29 is 9.59 Å². The van der Waals surface area contributed by atoms with E-state index in [4.69, 9.17) is 0 Å². The van der Waals surface area contributed by atoms with E-state index in [2.05, 4.69) is 31.0 Å². The first-order valence-electron chi connectivity index (χ1n) is 8.13. The Bertz CT molecular complexity index is 816. The molecular weight excluding hydrogens is 344 g/mol. The molecule has 2 fully saturated rings. The monoisotopic (exact) mass is 362 g/mol. The Hall–Kier alpha value is -2.56. The minimum atomic E-state index is -0.165. The molecule has 1 unspecified atom stereocenters. The summed E-state index contributed by atoms with van der Waals surface area (Å²) in [7, 11) is 0. The second kappa shape index (κ2) is 6.39. The van der Waals surface area contributed by atoms with Gasteiger partial charge in [0, 0.05) is 19.5 Å². The molecule has 0 aliphatic carbocycles. The largest absolute Gasteiger partial charge is 0.353 e. The van der Waals surface area contributed by atoms with Crippen LogP contribution in [-0.4, -0.2) is 56.4 Å². The van der Waals surface area contributed by atoms with Crippen LogP contribution >= 0.6 is 11.3 Å². The molecule has 4 heterocycles. The SMILES string of the molecule is Cc1nnc(Cn2c(C3CCC(=O)N3)nnc2N2CCNC(=O)C2)s1. The third-order valence-electron chi connectivity index (χ3n) is 4.25. The number of hydrogen-bond acceptors (Lipinski definition) is 8. The first kappa shape index (κ1) is 15.9. The summed E-state index contributed by atoms with van der Waals surface area (Å²) in [4.78, 5) is 25.2. The molecule has 0 aromatic carbocycles. The summed E-state index contributed by atoms with van der Waals surface area (Å²) in [5.41, 5.74) is 0. The van der Waals surface area contributed by atoms with Crippen molar-refractivity contribution in [3.05, 3.63) is 15.8 Å². The van der Waals surface area contributed by atoms with Crippen molar-refractivity contribution in [1.29, 1.82) is 0 Å². The molecule has 0 saturated carbocycles. The Labute approximate surface area is 147 Å². The number of nitrogens with zero attached hydrogens (tertiary/aromatic N) is 6. The van der Waals surface area contributed by atoms with Crippen LogP contribution in [0.25, 0.3) is 0 Å². The van der Waals surface area contributed by atoms with Gasteiger partial charge in [0.05, 0.1) is 19.1 Å². The Morgan fingerprint density at radius 3 is 2.76 bits per heavy atom. The number of carbonyl (C=O) groups excluding carboxylic acids is 2. The average Bonchev–Trinajstić information content (AvgIpc) is 3.28. The van der Waals surface area contributed by atoms with E-state index in [0.717, 1.165) is 10.0 Å². The summed E-state index contributed by atoms with van der Waals surface area (Å²) in [5, 5.41) is 24.3. The first-order valence-corrected chi connectivity index (χ1v) is 8.95. The zero-order valence-corrected chi connectivity index (χ0v) is 14.5. The highest BCUT2D eigenvalue weighted by Crippen LogP contribution is 2.27. The van der Waals surface area contributed by atoms with Crippen LogP contribution in [0.3, 0.4) is 0 Å². The third-order valence-corrected chi connectivity index (χ3v) is 5.07. The van der Waals surface area contributed by atoms with Crippen LogP contribution < -0.4 is 15.5 Å². The van der Waals surface area contributed by atoms with E-state index in [1.165, 1.54) is 11.3 Å². The summed E-state index contributed by atoms with van der Waals surface area (Å²) < 4.78 is 1.94. The van der Waals surface area contributed by atoms with E-state index in [1.807, 2.05) is 16.4 Å². The number of carbonyl (C=O) groups is 2. The van der Waals surface area contributed by atoms with Crippen molar-refractivity contribution in [1.82, 2.24) is 35.6 Å². The van der Waals surface area contributed by atoms with Crippen molar-refractivity contribution in [2.24, 2.45) is 0 Å². The highest BCUT2D eigenvalue weighted by atomic mass is 32.1. The summed E-state index contributed by atoms with van der Waals surface area (Å²) in [6.07, 6.45) is 1.17. The number of aryl methyl sites for hydroxylation is 1. The van der Waals surface area contributed by atoms with E-state index in [9.17, 15) is 9.59 Å². The fourth-order valence-electron chi connectivity index (χ4n) is 3.10. The van der Waals surface area contributed by atoms with Gasteiger partial charge in [-0.15, -0.1) is 20.4 Å².